The Balaban J connectivity index is 1.30. The number of hydrogen-bond donors (Lipinski definition) is 1. The first-order valence-corrected chi connectivity index (χ1v) is 15.7. The lowest BCUT2D eigenvalue weighted by molar-refractivity contribution is 0.137. The first-order chi connectivity index (χ1) is 22.8. The summed E-state index contributed by atoms with van der Waals surface area (Å²) in [5, 5.41) is 15.5. The van der Waals surface area contributed by atoms with E-state index in [1.807, 2.05) is 42.7 Å². The van der Waals surface area contributed by atoms with E-state index in [0.29, 0.717) is 13.1 Å². The monoisotopic (exact) mass is 595 g/mol. The zero-order chi connectivity index (χ0) is 30.9. The van der Waals surface area contributed by atoms with E-state index in [4.69, 9.17) is 4.98 Å². The van der Waals surface area contributed by atoms with Crippen LogP contribution in [0.25, 0.3) is 66.6 Å². The van der Waals surface area contributed by atoms with E-state index >= 15 is 0 Å². The second-order valence-corrected chi connectivity index (χ2v) is 11.7. The average Bonchev–Trinajstić information content (AvgIpc) is 3.69. The fourth-order valence-electron chi connectivity index (χ4n) is 6.82. The van der Waals surface area contributed by atoms with Crippen LogP contribution in [0.1, 0.15) is 0 Å². The Bertz CT molecular complexity index is 2250. The van der Waals surface area contributed by atoms with Gasteiger partial charge in [0.15, 0.2) is 0 Å². The van der Waals surface area contributed by atoms with E-state index in [0.717, 1.165) is 44.9 Å². The molecule has 0 radical (unpaired) electrons. The predicted molar refractivity (Wildman–Crippen MR) is 189 cm³/mol. The van der Waals surface area contributed by atoms with Gasteiger partial charge in [-0.1, -0.05) is 158 Å². The minimum Gasteiger partial charge on any atom is -0.389 e. The van der Waals surface area contributed by atoms with Crippen LogP contribution in [-0.4, -0.2) is 25.3 Å². The van der Waals surface area contributed by atoms with Crippen molar-refractivity contribution in [2.24, 2.45) is 0 Å². The van der Waals surface area contributed by atoms with Crippen LogP contribution in [0.5, 0.6) is 0 Å². The fourth-order valence-corrected chi connectivity index (χ4v) is 6.82. The second kappa shape index (κ2) is 12.0. The van der Waals surface area contributed by atoms with Gasteiger partial charge >= 0.3 is 0 Å². The van der Waals surface area contributed by atoms with Crippen molar-refractivity contribution in [2.75, 3.05) is 0 Å². The van der Waals surface area contributed by atoms with Gasteiger partial charge in [-0.05, 0) is 16.5 Å². The van der Waals surface area contributed by atoms with Crippen LogP contribution >= 0.6 is 0 Å². The van der Waals surface area contributed by atoms with Gasteiger partial charge < -0.3 is 14.2 Å². The number of aromatic nitrogens is 3. The molecule has 0 spiro atoms. The van der Waals surface area contributed by atoms with Gasteiger partial charge in [0.2, 0.25) is 0 Å². The molecule has 1 N–H and O–H groups in total. The first kappa shape index (κ1) is 27.8. The highest BCUT2D eigenvalue weighted by molar-refractivity contribution is 6.15. The number of fused-ring (bicyclic) bond motifs is 3. The molecule has 0 amide bonds. The second-order valence-electron chi connectivity index (χ2n) is 11.7. The van der Waals surface area contributed by atoms with E-state index in [1.54, 1.807) is 0 Å². The molecule has 6 aromatic carbocycles. The van der Waals surface area contributed by atoms with E-state index < -0.39 is 6.10 Å². The number of hydrogen-bond acceptors (Lipinski definition) is 2. The summed E-state index contributed by atoms with van der Waals surface area (Å²) < 4.78 is 4.45. The summed E-state index contributed by atoms with van der Waals surface area (Å²) in [6.45, 7) is 0.804. The maximum absolute atomic E-state index is 12.0. The van der Waals surface area contributed by atoms with Crippen molar-refractivity contribution in [1.29, 1.82) is 0 Å². The Morgan fingerprint density at radius 1 is 0.500 bits per heavy atom. The van der Waals surface area contributed by atoms with Crippen LogP contribution in [0.15, 0.2) is 164 Å². The smallest absolute Gasteiger partial charge is 0.0963 e. The van der Waals surface area contributed by atoms with Crippen molar-refractivity contribution >= 4 is 21.7 Å². The summed E-state index contributed by atoms with van der Waals surface area (Å²) in [6.07, 6.45) is 1.17. The van der Waals surface area contributed by atoms with Crippen LogP contribution in [0.3, 0.4) is 0 Å². The maximum atomic E-state index is 12.0. The molecule has 2 heterocycles. The molecule has 0 aliphatic carbocycles. The number of nitrogens with zero attached hydrogens (tertiary/aromatic N) is 3. The molecule has 8 rings (SSSR count). The Morgan fingerprint density at radius 3 is 1.70 bits per heavy atom. The molecule has 222 valence electrons. The predicted octanol–water partition coefficient (Wildman–Crippen LogP) is 9.72. The molecule has 1 atom stereocenters. The minimum atomic E-state index is -0.694. The zero-order valence-electron chi connectivity index (χ0n) is 25.4. The normalized spacial score (nSPS) is 12.1. The molecule has 4 nitrogen and oxygen atoms in total. The van der Waals surface area contributed by atoms with Crippen LogP contribution in [-0.2, 0) is 13.1 Å². The number of benzene rings is 6. The molecular formula is C42H33N3O. The summed E-state index contributed by atoms with van der Waals surface area (Å²) in [7, 11) is 0. The summed E-state index contributed by atoms with van der Waals surface area (Å²) in [4.78, 5) is 4.87. The highest BCUT2D eigenvalue weighted by Crippen LogP contribution is 2.43. The molecule has 0 bridgehead atoms. The largest absolute Gasteiger partial charge is 0.389 e. The fraction of sp³-hybridized carbons (Fsp3) is 0.0714. The molecule has 1 unspecified atom stereocenters. The van der Waals surface area contributed by atoms with Gasteiger partial charge in [0.05, 0.1) is 48.1 Å². The number of imidazole rings is 1. The zero-order valence-corrected chi connectivity index (χ0v) is 25.4. The lowest BCUT2D eigenvalue weighted by Gasteiger charge is -2.19. The highest BCUT2D eigenvalue weighted by Gasteiger charge is 2.24. The molecule has 0 saturated heterocycles. The van der Waals surface area contributed by atoms with E-state index in [9.17, 15) is 5.11 Å². The summed E-state index contributed by atoms with van der Waals surface area (Å²) in [6, 6.07) is 54.8. The van der Waals surface area contributed by atoms with Crippen molar-refractivity contribution in [3.05, 3.63) is 164 Å². The van der Waals surface area contributed by atoms with Gasteiger partial charge in [0.1, 0.15) is 0 Å². The van der Waals surface area contributed by atoms with Gasteiger partial charge in [-0.2, -0.15) is 0 Å². The molecule has 0 saturated carbocycles. The van der Waals surface area contributed by atoms with Crippen molar-refractivity contribution < 1.29 is 5.11 Å². The standard InChI is InChI=1S/C42H33N3O/c46-35(27-44-29-43-39(32-18-7-2-8-19-32)41(44)34-22-11-4-12-23-34)28-45-40(33-20-9-3-10-21-33)38(31-16-5-1-6-17-31)37-26-25-30-15-13-14-24-36(30)42(37)45/h1-26,29,35,46H,27-28H2. The lowest BCUT2D eigenvalue weighted by atomic mass is 9.97. The van der Waals surface area contributed by atoms with Gasteiger partial charge in [-0.25, -0.2) is 4.98 Å². The summed E-state index contributed by atoms with van der Waals surface area (Å²) in [5.41, 5.74) is 9.73. The molecule has 8 aromatic rings. The molecule has 0 fully saturated rings. The average molecular weight is 596 g/mol. The van der Waals surface area contributed by atoms with Crippen LogP contribution in [0.2, 0.25) is 0 Å². The van der Waals surface area contributed by atoms with E-state index in [2.05, 4.69) is 130 Å². The Hall–Kier alpha value is -5.71. The maximum Gasteiger partial charge on any atom is 0.0963 e. The van der Waals surface area contributed by atoms with Gasteiger partial charge in [-0.15, -0.1) is 0 Å². The topological polar surface area (TPSA) is 43.0 Å². The van der Waals surface area contributed by atoms with E-state index in [1.165, 1.54) is 21.7 Å². The molecule has 0 aliphatic heterocycles. The number of rotatable bonds is 8. The van der Waals surface area contributed by atoms with Crippen LogP contribution in [0, 0.1) is 0 Å². The van der Waals surface area contributed by atoms with E-state index in [-0.39, 0.29) is 0 Å². The van der Waals surface area contributed by atoms with Crippen molar-refractivity contribution in [3.63, 3.8) is 0 Å². The van der Waals surface area contributed by atoms with Gasteiger partial charge in [0, 0.05) is 27.5 Å². The van der Waals surface area contributed by atoms with Crippen LogP contribution < -0.4 is 0 Å². The van der Waals surface area contributed by atoms with Crippen LogP contribution in [0.4, 0.5) is 0 Å². The highest BCUT2D eigenvalue weighted by atomic mass is 16.3. The molecule has 4 heteroatoms. The summed E-state index contributed by atoms with van der Waals surface area (Å²) >= 11 is 0. The Labute approximate surface area is 268 Å². The lowest BCUT2D eigenvalue weighted by Crippen LogP contribution is -2.23. The van der Waals surface area contributed by atoms with Gasteiger partial charge in [0.25, 0.3) is 0 Å². The third kappa shape index (κ3) is 4.99. The van der Waals surface area contributed by atoms with Gasteiger partial charge in [-0.3, -0.25) is 0 Å². The summed E-state index contributed by atoms with van der Waals surface area (Å²) in [5.74, 6) is 0. The quantitative estimate of drug-likeness (QED) is 0.190. The number of aliphatic hydroxyl groups is 1. The third-order valence-corrected chi connectivity index (χ3v) is 8.79. The molecule has 2 aromatic heterocycles. The number of aliphatic hydroxyl groups excluding tert-OH is 1. The minimum absolute atomic E-state index is 0.392. The van der Waals surface area contributed by atoms with Crippen molar-refractivity contribution in [1.82, 2.24) is 14.1 Å². The molecule has 0 aliphatic rings. The molecule has 46 heavy (non-hydrogen) atoms. The Morgan fingerprint density at radius 2 is 1.04 bits per heavy atom. The molecular weight excluding hydrogens is 562 g/mol. The first-order valence-electron chi connectivity index (χ1n) is 15.7. The Kier molecular flexibility index (Phi) is 7.25. The van der Waals surface area contributed by atoms with Crippen molar-refractivity contribution in [3.8, 4) is 44.9 Å². The third-order valence-electron chi connectivity index (χ3n) is 8.79. The SMILES string of the molecule is OC(Cn1cnc(-c2ccccc2)c1-c1ccccc1)Cn1c(-c2ccccc2)c(-c2ccccc2)c2ccc3ccccc3c21. The van der Waals surface area contributed by atoms with Crippen molar-refractivity contribution in [2.45, 2.75) is 19.2 Å².